The fourth-order valence-electron chi connectivity index (χ4n) is 4.89. The Kier molecular flexibility index (Phi) is 2.78. The second-order valence-electron chi connectivity index (χ2n) is 6.62. The lowest BCUT2D eigenvalue weighted by Gasteiger charge is -2.33. The zero-order valence-electron chi connectivity index (χ0n) is 10.8. The molecule has 16 heavy (non-hydrogen) atoms. The summed E-state index contributed by atoms with van der Waals surface area (Å²) < 4.78 is 0. The summed E-state index contributed by atoms with van der Waals surface area (Å²) in [7, 11) is 0. The van der Waals surface area contributed by atoms with E-state index in [1.165, 1.54) is 57.8 Å². The lowest BCUT2D eigenvalue weighted by molar-refractivity contribution is 0.214. The summed E-state index contributed by atoms with van der Waals surface area (Å²) in [6, 6.07) is 0. The van der Waals surface area contributed by atoms with Crippen molar-refractivity contribution in [2.24, 2.45) is 29.4 Å². The van der Waals surface area contributed by atoms with E-state index in [4.69, 9.17) is 5.73 Å². The smallest absolute Gasteiger partial charge is 0.0246 e. The molecule has 3 fully saturated rings. The zero-order chi connectivity index (χ0) is 11.2. The molecule has 0 aromatic heterocycles. The van der Waals surface area contributed by atoms with E-state index in [1.54, 1.807) is 0 Å². The van der Waals surface area contributed by atoms with Gasteiger partial charge < -0.3 is 5.73 Å². The first-order valence-electron chi connectivity index (χ1n) is 7.55. The van der Waals surface area contributed by atoms with Crippen molar-refractivity contribution in [2.75, 3.05) is 0 Å². The second kappa shape index (κ2) is 4.01. The maximum atomic E-state index is 6.76. The molecule has 0 aromatic carbocycles. The van der Waals surface area contributed by atoms with Gasteiger partial charge in [0.2, 0.25) is 0 Å². The summed E-state index contributed by atoms with van der Waals surface area (Å²) in [5, 5.41) is 0. The van der Waals surface area contributed by atoms with E-state index in [-0.39, 0.29) is 0 Å². The first-order chi connectivity index (χ1) is 7.76. The number of nitrogens with two attached hydrogens (primary N) is 1. The van der Waals surface area contributed by atoms with Crippen molar-refractivity contribution < 1.29 is 0 Å². The van der Waals surface area contributed by atoms with Crippen molar-refractivity contribution in [1.29, 1.82) is 0 Å². The van der Waals surface area contributed by atoms with Crippen LogP contribution in [-0.4, -0.2) is 5.54 Å². The number of hydrogen-bond donors (Lipinski definition) is 1. The molecule has 0 saturated heterocycles. The summed E-state index contributed by atoms with van der Waals surface area (Å²) in [5.41, 5.74) is 7.06. The molecule has 2 unspecified atom stereocenters. The number of fused-ring (bicyclic) bond motifs is 1. The minimum absolute atomic E-state index is 0.301. The molecule has 3 aliphatic rings. The lowest BCUT2D eigenvalue weighted by Crippen LogP contribution is -2.38. The SMILES string of the molecule is CCC1CCC(C2(N)C3CCCCC32)CC1. The van der Waals surface area contributed by atoms with Crippen LogP contribution in [0.1, 0.15) is 64.7 Å². The van der Waals surface area contributed by atoms with Crippen LogP contribution in [0.15, 0.2) is 0 Å². The molecule has 0 spiro atoms. The van der Waals surface area contributed by atoms with E-state index in [9.17, 15) is 0 Å². The van der Waals surface area contributed by atoms with Crippen LogP contribution in [0.2, 0.25) is 0 Å². The van der Waals surface area contributed by atoms with Gasteiger partial charge in [-0.2, -0.15) is 0 Å². The van der Waals surface area contributed by atoms with Crippen LogP contribution in [0.3, 0.4) is 0 Å². The highest BCUT2D eigenvalue weighted by Gasteiger charge is 2.64. The maximum absolute atomic E-state index is 6.76. The Balaban J connectivity index is 1.62. The normalized spacial score (nSPS) is 52.1. The van der Waals surface area contributed by atoms with Crippen LogP contribution in [0.5, 0.6) is 0 Å². The number of hydrogen-bond acceptors (Lipinski definition) is 1. The van der Waals surface area contributed by atoms with Crippen molar-refractivity contribution in [3.8, 4) is 0 Å². The summed E-state index contributed by atoms with van der Waals surface area (Å²) in [5.74, 6) is 3.73. The quantitative estimate of drug-likeness (QED) is 0.755. The molecule has 3 saturated carbocycles. The summed E-state index contributed by atoms with van der Waals surface area (Å²) >= 11 is 0. The van der Waals surface area contributed by atoms with Gasteiger partial charge in [0.15, 0.2) is 0 Å². The highest BCUT2D eigenvalue weighted by molar-refractivity contribution is 5.19. The molecule has 2 atom stereocenters. The summed E-state index contributed by atoms with van der Waals surface area (Å²) in [6.45, 7) is 2.35. The van der Waals surface area contributed by atoms with Crippen molar-refractivity contribution in [1.82, 2.24) is 0 Å². The Bertz CT molecular complexity index is 240. The highest BCUT2D eigenvalue weighted by Crippen LogP contribution is 2.62. The predicted octanol–water partition coefficient (Wildman–Crippen LogP) is 3.72. The molecule has 2 N–H and O–H groups in total. The van der Waals surface area contributed by atoms with Gasteiger partial charge in [-0.15, -0.1) is 0 Å². The fourth-order valence-corrected chi connectivity index (χ4v) is 4.89. The lowest BCUT2D eigenvalue weighted by atomic mass is 9.75. The van der Waals surface area contributed by atoms with Crippen LogP contribution in [0.4, 0.5) is 0 Å². The van der Waals surface area contributed by atoms with Crippen LogP contribution in [0, 0.1) is 23.7 Å². The topological polar surface area (TPSA) is 26.0 Å². The first kappa shape index (κ1) is 11.1. The Morgan fingerprint density at radius 2 is 1.50 bits per heavy atom. The maximum Gasteiger partial charge on any atom is 0.0246 e. The molecule has 1 nitrogen and oxygen atoms in total. The third-order valence-electron chi connectivity index (χ3n) is 6.07. The molecule has 92 valence electrons. The van der Waals surface area contributed by atoms with E-state index in [0.717, 1.165) is 23.7 Å². The predicted molar refractivity (Wildman–Crippen MR) is 68.1 cm³/mol. The van der Waals surface area contributed by atoms with E-state index >= 15 is 0 Å². The Labute approximate surface area is 100 Å². The van der Waals surface area contributed by atoms with Gasteiger partial charge in [-0.3, -0.25) is 0 Å². The zero-order valence-corrected chi connectivity index (χ0v) is 10.8. The Hall–Kier alpha value is -0.0400. The van der Waals surface area contributed by atoms with Gasteiger partial charge in [-0.1, -0.05) is 39.0 Å². The van der Waals surface area contributed by atoms with E-state index in [0.29, 0.717) is 5.54 Å². The minimum Gasteiger partial charge on any atom is -0.324 e. The monoisotopic (exact) mass is 221 g/mol. The average Bonchev–Trinajstić information content (AvgIpc) is 2.98. The molecular formula is C15H27N. The van der Waals surface area contributed by atoms with Crippen LogP contribution >= 0.6 is 0 Å². The highest BCUT2D eigenvalue weighted by atomic mass is 14.9. The number of rotatable bonds is 2. The van der Waals surface area contributed by atoms with E-state index in [1.807, 2.05) is 0 Å². The molecule has 3 aliphatic carbocycles. The van der Waals surface area contributed by atoms with Gasteiger partial charge in [-0.05, 0) is 49.4 Å². The summed E-state index contributed by atoms with van der Waals surface area (Å²) in [4.78, 5) is 0. The Morgan fingerprint density at radius 1 is 0.938 bits per heavy atom. The van der Waals surface area contributed by atoms with Gasteiger partial charge in [0.1, 0.15) is 0 Å². The van der Waals surface area contributed by atoms with Gasteiger partial charge >= 0.3 is 0 Å². The van der Waals surface area contributed by atoms with E-state index in [2.05, 4.69) is 6.92 Å². The molecule has 0 aromatic rings. The standard InChI is InChI=1S/C15H27N/c1-2-11-7-9-12(10-8-11)15(16)13-5-3-4-6-14(13)15/h11-14H,2-10,16H2,1H3. The van der Waals surface area contributed by atoms with Crippen molar-refractivity contribution in [2.45, 2.75) is 70.3 Å². The van der Waals surface area contributed by atoms with Crippen molar-refractivity contribution in [3.63, 3.8) is 0 Å². The molecule has 0 bridgehead atoms. The van der Waals surface area contributed by atoms with Crippen LogP contribution in [-0.2, 0) is 0 Å². The van der Waals surface area contributed by atoms with Crippen molar-refractivity contribution >= 4 is 0 Å². The molecule has 0 heterocycles. The third kappa shape index (κ3) is 1.54. The van der Waals surface area contributed by atoms with Gasteiger partial charge in [0.05, 0.1) is 0 Å². The van der Waals surface area contributed by atoms with E-state index < -0.39 is 0 Å². The van der Waals surface area contributed by atoms with Crippen molar-refractivity contribution in [3.05, 3.63) is 0 Å². The molecule has 0 aliphatic heterocycles. The molecule has 3 rings (SSSR count). The average molecular weight is 221 g/mol. The molecule has 0 radical (unpaired) electrons. The second-order valence-corrected chi connectivity index (χ2v) is 6.62. The molecular weight excluding hydrogens is 194 g/mol. The fraction of sp³-hybridized carbons (Fsp3) is 1.00. The summed E-state index contributed by atoms with van der Waals surface area (Å²) in [6.07, 6.45) is 12.9. The molecule has 1 heteroatoms. The minimum atomic E-state index is 0.301. The first-order valence-corrected chi connectivity index (χ1v) is 7.55. The van der Waals surface area contributed by atoms with Gasteiger partial charge in [-0.25, -0.2) is 0 Å². The molecule has 0 amide bonds. The van der Waals surface area contributed by atoms with Gasteiger partial charge in [0, 0.05) is 5.54 Å². The largest absolute Gasteiger partial charge is 0.324 e. The van der Waals surface area contributed by atoms with Gasteiger partial charge in [0.25, 0.3) is 0 Å². The Morgan fingerprint density at radius 3 is 2.00 bits per heavy atom. The van der Waals surface area contributed by atoms with Crippen LogP contribution < -0.4 is 5.73 Å². The third-order valence-corrected chi connectivity index (χ3v) is 6.07. The van der Waals surface area contributed by atoms with Crippen LogP contribution in [0.25, 0.3) is 0 Å².